The van der Waals surface area contributed by atoms with Crippen molar-refractivity contribution in [2.24, 2.45) is 5.92 Å². The maximum absolute atomic E-state index is 12.5. The van der Waals surface area contributed by atoms with Crippen LogP contribution in [0.4, 0.5) is 4.79 Å². The number of amides is 1. The second kappa shape index (κ2) is 8.02. The molecule has 1 aliphatic rings. The van der Waals surface area contributed by atoms with Gasteiger partial charge in [0.2, 0.25) is 0 Å². The molecule has 0 saturated carbocycles. The normalized spacial score (nSPS) is 21.3. The fourth-order valence-corrected chi connectivity index (χ4v) is 3.09. The topological polar surface area (TPSA) is 38.8 Å². The number of carbonyl (C=O) groups is 1. The minimum Gasteiger partial charge on any atom is -0.444 e. The number of nitrogens with zero attached hydrogens (tertiary/aromatic N) is 1. The molecule has 1 aromatic carbocycles. The Kier molecular flexibility index (Phi) is 6.27. The van der Waals surface area contributed by atoms with Gasteiger partial charge >= 0.3 is 6.09 Å². The molecule has 1 amide bonds. The molecule has 1 fully saturated rings. The first-order chi connectivity index (χ1) is 11.2. The monoisotopic (exact) mass is 333 g/mol. The molecule has 0 N–H and O–H groups in total. The highest BCUT2D eigenvalue weighted by atomic mass is 16.6. The third-order valence-electron chi connectivity index (χ3n) is 4.08. The summed E-state index contributed by atoms with van der Waals surface area (Å²) >= 11 is 0. The smallest absolute Gasteiger partial charge is 0.410 e. The Bertz CT molecular complexity index is 521. The molecule has 24 heavy (non-hydrogen) atoms. The molecular weight excluding hydrogens is 302 g/mol. The largest absolute Gasteiger partial charge is 0.444 e. The van der Waals surface area contributed by atoms with Crippen molar-refractivity contribution in [3.8, 4) is 0 Å². The number of carbonyl (C=O) groups excluding carboxylic acids is 1. The summed E-state index contributed by atoms with van der Waals surface area (Å²) < 4.78 is 11.6. The van der Waals surface area contributed by atoms with E-state index in [4.69, 9.17) is 9.47 Å². The molecule has 134 valence electrons. The van der Waals surface area contributed by atoms with Crippen molar-refractivity contribution in [2.75, 3.05) is 6.54 Å². The van der Waals surface area contributed by atoms with Gasteiger partial charge in [-0.1, -0.05) is 44.2 Å². The number of hydrogen-bond donors (Lipinski definition) is 0. The Morgan fingerprint density at radius 2 is 1.92 bits per heavy atom. The Balaban J connectivity index is 1.96. The van der Waals surface area contributed by atoms with Gasteiger partial charge in [0, 0.05) is 6.04 Å². The van der Waals surface area contributed by atoms with Crippen LogP contribution in [0.15, 0.2) is 30.3 Å². The molecule has 1 aromatic rings. The highest BCUT2D eigenvalue weighted by Gasteiger charge is 2.38. The van der Waals surface area contributed by atoms with Crippen molar-refractivity contribution in [3.05, 3.63) is 35.9 Å². The zero-order chi connectivity index (χ0) is 17.7. The summed E-state index contributed by atoms with van der Waals surface area (Å²) in [6.07, 6.45) is 1.70. The van der Waals surface area contributed by atoms with Gasteiger partial charge in [0.1, 0.15) is 5.60 Å². The minimum atomic E-state index is -0.470. The van der Waals surface area contributed by atoms with Gasteiger partial charge in [-0.2, -0.15) is 0 Å². The van der Waals surface area contributed by atoms with Crippen molar-refractivity contribution in [1.29, 1.82) is 0 Å². The molecule has 0 radical (unpaired) electrons. The van der Waals surface area contributed by atoms with Crippen molar-refractivity contribution >= 4 is 6.09 Å². The van der Waals surface area contributed by atoms with E-state index in [0.717, 1.165) is 18.4 Å². The molecule has 1 aliphatic heterocycles. The van der Waals surface area contributed by atoms with Crippen LogP contribution >= 0.6 is 0 Å². The van der Waals surface area contributed by atoms with Crippen LogP contribution in [0.3, 0.4) is 0 Å². The van der Waals surface area contributed by atoms with Crippen LogP contribution in [0.25, 0.3) is 0 Å². The Labute approximate surface area is 146 Å². The molecule has 0 aliphatic carbocycles. The van der Waals surface area contributed by atoms with Crippen LogP contribution in [0.5, 0.6) is 0 Å². The van der Waals surface area contributed by atoms with E-state index >= 15 is 0 Å². The van der Waals surface area contributed by atoms with Gasteiger partial charge < -0.3 is 14.4 Å². The first kappa shape index (κ1) is 18.8. The van der Waals surface area contributed by atoms with Crippen molar-refractivity contribution in [1.82, 2.24) is 4.90 Å². The average Bonchev–Trinajstić information content (AvgIpc) is 2.87. The summed E-state index contributed by atoms with van der Waals surface area (Å²) in [6, 6.07) is 10.4. The fraction of sp³-hybridized carbons (Fsp3) is 0.650. The lowest BCUT2D eigenvalue weighted by Crippen LogP contribution is -2.40. The summed E-state index contributed by atoms with van der Waals surface area (Å²) in [6.45, 7) is 11.3. The van der Waals surface area contributed by atoms with E-state index in [0.29, 0.717) is 19.1 Å². The average molecular weight is 333 g/mol. The van der Waals surface area contributed by atoms with E-state index < -0.39 is 5.60 Å². The SMILES string of the molecule is CC(C)CC1CC(OCc2ccccc2)CN1C(=O)OC(C)(C)C. The molecule has 1 heterocycles. The first-order valence-corrected chi connectivity index (χ1v) is 8.89. The second-order valence-corrected chi connectivity index (χ2v) is 8.07. The number of ether oxygens (including phenoxy) is 2. The summed E-state index contributed by atoms with van der Waals surface area (Å²) in [5, 5.41) is 0. The maximum atomic E-state index is 12.5. The van der Waals surface area contributed by atoms with Crippen molar-refractivity contribution in [2.45, 2.75) is 71.8 Å². The lowest BCUT2D eigenvalue weighted by Gasteiger charge is -2.29. The van der Waals surface area contributed by atoms with Crippen LogP contribution in [-0.2, 0) is 16.1 Å². The first-order valence-electron chi connectivity index (χ1n) is 8.89. The van der Waals surface area contributed by atoms with Gasteiger partial charge in [-0.15, -0.1) is 0 Å². The maximum Gasteiger partial charge on any atom is 0.410 e. The predicted molar refractivity (Wildman–Crippen MR) is 95.8 cm³/mol. The van der Waals surface area contributed by atoms with Crippen LogP contribution in [0.2, 0.25) is 0 Å². The lowest BCUT2D eigenvalue weighted by molar-refractivity contribution is 0.0142. The lowest BCUT2D eigenvalue weighted by atomic mass is 10.0. The number of likely N-dealkylation sites (tertiary alicyclic amines) is 1. The quantitative estimate of drug-likeness (QED) is 0.789. The van der Waals surface area contributed by atoms with Gasteiger partial charge in [0.05, 0.1) is 19.3 Å². The third kappa shape index (κ3) is 5.82. The van der Waals surface area contributed by atoms with E-state index in [1.54, 1.807) is 0 Å². The van der Waals surface area contributed by atoms with Gasteiger partial charge in [0.25, 0.3) is 0 Å². The predicted octanol–water partition coefficient (Wildman–Crippen LogP) is 4.63. The molecule has 0 bridgehead atoms. The van der Waals surface area contributed by atoms with E-state index in [1.807, 2.05) is 43.9 Å². The molecule has 2 unspecified atom stereocenters. The van der Waals surface area contributed by atoms with E-state index in [2.05, 4.69) is 26.0 Å². The molecule has 0 spiro atoms. The van der Waals surface area contributed by atoms with E-state index in [1.165, 1.54) is 0 Å². The summed E-state index contributed by atoms with van der Waals surface area (Å²) in [5.41, 5.74) is 0.691. The molecule has 2 rings (SSSR count). The van der Waals surface area contributed by atoms with Crippen LogP contribution in [-0.4, -0.2) is 35.3 Å². The molecule has 0 aromatic heterocycles. The number of hydrogen-bond acceptors (Lipinski definition) is 3. The van der Waals surface area contributed by atoms with Crippen LogP contribution in [0.1, 0.15) is 53.0 Å². The number of rotatable bonds is 5. The van der Waals surface area contributed by atoms with Crippen LogP contribution in [0, 0.1) is 5.92 Å². The molecule has 1 saturated heterocycles. The highest BCUT2D eigenvalue weighted by Crippen LogP contribution is 2.28. The highest BCUT2D eigenvalue weighted by molar-refractivity contribution is 5.69. The van der Waals surface area contributed by atoms with E-state index in [9.17, 15) is 4.79 Å². The standard InChI is InChI=1S/C20H31NO3/c1-15(2)11-17-12-18(23-14-16-9-7-6-8-10-16)13-21(17)19(22)24-20(3,4)5/h6-10,15,17-18H,11-14H2,1-5H3. The molecule has 2 atom stereocenters. The molecule has 4 nitrogen and oxygen atoms in total. The summed E-state index contributed by atoms with van der Waals surface area (Å²) in [7, 11) is 0. The molecular formula is C20H31NO3. The molecule has 4 heteroatoms. The zero-order valence-electron chi connectivity index (χ0n) is 15.6. The van der Waals surface area contributed by atoms with Crippen molar-refractivity contribution in [3.63, 3.8) is 0 Å². The summed E-state index contributed by atoms with van der Waals surface area (Å²) in [5.74, 6) is 0.535. The van der Waals surface area contributed by atoms with Gasteiger partial charge in [-0.05, 0) is 45.1 Å². The third-order valence-corrected chi connectivity index (χ3v) is 4.08. The van der Waals surface area contributed by atoms with Gasteiger partial charge in [0.15, 0.2) is 0 Å². The summed E-state index contributed by atoms with van der Waals surface area (Å²) in [4.78, 5) is 14.4. The Hall–Kier alpha value is -1.55. The number of benzene rings is 1. The zero-order valence-corrected chi connectivity index (χ0v) is 15.6. The van der Waals surface area contributed by atoms with Crippen LogP contribution < -0.4 is 0 Å². The van der Waals surface area contributed by atoms with Crippen molar-refractivity contribution < 1.29 is 14.3 Å². The Morgan fingerprint density at radius 3 is 2.50 bits per heavy atom. The second-order valence-electron chi connectivity index (χ2n) is 8.07. The van der Waals surface area contributed by atoms with Gasteiger partial charge in [-0.25, -0.2) is 4.79 Å². The van der Waals surface area contributed by atoms with E-state index in [-0.39, 0.29) is 18.2 Å². The fourth-order valence-electron chi connectivity index (χ4n) is 3.09. The van der Waals surface area contributed by atoms with Gasteiger partial charge in [-0.3, -0.25) is 0 Å². The Morgan fingerprint density at radius 1 is 1.25 bits per heavy atom. The minimum absolute atomic E-state index is 0.0708.